The van der Waals surface area contributed by atoms with Crippen LogP contribution in [0.2, 0.25) is 0 Å². The quantitative estimate of drug-likeness (QED) is 0.557. The van der Waals surface area contributed by atoms with Gasteiger partial charge in [0.2, 0.25) is 10.0 Å². The SMILES string of the molecule is COc1ccc(-c2cc(C(C)(C)C)cc3cc(N4CC[C@H](CNS(C)(=O)=O)C4)cnc23)c(=O)[nH]1. The van der Waals surface area contributed by atoms with Crippen molar-refractivity contribution in [3.8, 4) is 17.0 Å². The van der Waals surface area contributed by atoms with Crippen LogP contribution in [-0.2, 0) is 15.4 Å². The number of pyridine rings is 2. The molecule has 8 nitrogen and oxygen atoms in total. The van der Waals surface area contributed by atoms with Gasteiger partial charge in [-0.15, -0.1) is 0 Å². The zero-order valence-electron chi connectivity index (χ0n) is 20.3. The van der Waals surface area contributed by atoms with E-state index in [-0.39, 0.29) is 16.9 Å². The van der Waals surface area contributed by atoms with Gasteiger partial charge >= 0.3 is 0 Å². The number of rotatable bonds is 6. The summed E-state index contributed by atoms with van der Waals surface area (Å²) in [5.74, 6) is 0.661. The number of ether oxygens (including phenoxy) is 1. The molecule has 0 bridgehead atoms. The van der Waals surface area contributed by atoms with Crippen molar-refractivity contribution >= 4 is 26.6 Å². The summed E-state index contributed by atoms with van der Waals surface area (Å²) in [5, 5.41) is 0.966. The molecule has 0 amide bonds. The van der Waals surface area contributed by atoms with Gasteiger partial charge in [0.05, 0.1) is 30.8 Å². The molecule has 0 aliphatic carbocycles. The number of sulfonamides is 1. The minimum Gasteiger partial charge on any atom is -0.482 e. The summed E-state index contributed by atoms with van der Waals surface area (Å²) in [6.07, 6.45) is 3.94. The first-order chi connectivity index (χ1) is 15.9. The van der Waals surface area contributed by atoms with E-state index in [1.165, 1.54) is 13.4 Å². The molecule has 34 heavy (non-hydrogen) atoms. The first kappa shape index (κ1) is 24.2. The maximum atomic E-state index is 12.8. The highest BCUT2D eigenvalue weighted by Gasteiger charge is 2.25. The third kappa shape index (κ3) is 5.26. The number of aromatic nitrogens is 2. The largest absolute Gasteiger partial charge is 0.482 e. The van der Waals surface area contributed by atoms with Gasteiger partial charge in [-0.3, -0.25) is 14.8 Å². The molecule has 182 valence electrons. The van der Waals surface area contributed by atoms with Crippen LogP contribution in [0.3, 0.4) is 0 Å². The summed E-state index contributed by atoms with van der Waals surface area (Å²) in [6, 6.07) is 9.83. The summed E-state index contributed by atoms with van der Waals surface area (Å²) in [4.78, 5) is 22.6. The Bertz CT molecular complexity index is 1380. The molecular formula is C25H32N4O4S. The molecule has 0 unspecified atom stereocenters. The lowest BCUT2D eigenvalue weighted by Crippen LogP contribution is -2.30. The van der Waals surface area contributed by atoms with Crippen LogP contribution >= 0.6 is 0 Å². The predicted molar refractivity (Wildman–Crippen MR) is 136 cm³/mol. The van der Waals surface area contributed by atoms with Gasteiger partial charge in [-0.05, 0) is 53.6 Å². The van der Waals surface area contributed by atoms with Crippen molar-refractivity contribution < 1.29 is 13.2 Å². The third-order valence-corrected chi connectivity index (χ3v) is 7.00. The van der Waals surface area contributed by atoms with Crippen LogP contribution < -0.4 is 19.9 Å². The Hall–Kier alpha value is -2.91. The van der Waals surface area contributed by atoms with Gasteiger partial charge in [-0.2, -0.15) is 0 Å². The summed E-state index contributed by atoms with van der Waals surface area (Å²) in [7, 11) is -1.68. The Morgan fingerprint density at radius 3 is 2.62 bits per heavy atom. The number of aromatic amines is 1. The molecule has 1 aliphatic heterocycles. The minimum absolute atomic E-state index is 0.117. The van der Waals surface area contributed by atoms with Crippen molar-refractivity contribution in [3.63, 3.8) is 0 Å². The van der Waals surface area contributed by atoms with Crippen molar-refractivity contribution in [1.82, 2.24) is 14.7 Å². The van der Waals surface area contributed by atoms with Gasteiger partial charge in [-0.25, -0.2) is 13.1 Å². The highest BCUT2D eigenvalue weighted by molar-refractivity contribution is 7.88. The molecule has 1 atom stereocenters. The molecule has 2 N–H and O–H groups in total. The van der Waals surface area contributed by atoms with E-state index in [9.17, 15) is 13.2 Å². The van der Waals surface area contributed by atoms with E-state index >= 15 is 0 Å². The predicted octanol–water partition coefficient (Wildman–Crippen LogP) is 3.27. The van der Waals surface area contributed by atoms with Crippen molar-refractivity contribution in [3.05, 3.63) is 52.4 Å². The standard InChI is InChI=1S/C25H32N4O4S/c1-25(2,3)18-10-17-11-19(29-9-8-16(15-29)13-27-34(5,31)32)14-26-23(17)21(12-18)20-6-7-22(33-4)28-24(20)30/h6-7,10-12,14,16,27H,8-9,13,15H2,1-5H3,(H,28,30)/t16-/m1/s1. The van der Waals surface area contributed by atoms with Crippen molar-refractivity contribution in [1.29, 1.82) is 0 Å². The molecule has 0 radical (unpaired) electrons. The Morgan fingerprint density at radius 2 is 1.97 bits per heavy atom. The van der Waals surface area contributed by atoms with E-state index in [2.05, 4.69) is 53.6 Å². The van der Waals surface area contributed by atoms with Gasteiger partial charge in [-0.1, -0.05) is 20.8 Å². The average Bonchev–Trinajstić information content (AvgIpc) is 3.24. The monoisotopic (exact) mass is 484 g/mol. The number of nitrogens with zero attached hydrogens (tertiary/aromatic N) is 2. The number of fused-ring (bicyclic) bond motifs is 1. The Morgan fingerprint density at radius 1 is 1.21 bits per heavy atom. The van der Waals surface area contributed by atoms with Crippen LogP contribution in [0, 0.1) is 5.92 Å². The van der Waals surface area contributed by atoms with Crippen LogP contribution in [0.1, 0.15) is 32.8 Å². The van der Waals surface area contributed by atoms with Crippen LogP contribution in [-0.4, -0.2) is 51.4 Å². The first-order valence-corrected chi connectivity index (χ1v) is 13.3. The summed E-state index contributed by atoms with van der Waals surface area (Å²) < 4.78 is 30.7. The molecular weight excluding hydrogens is 452 g/mol. The molecule has 1 fully saturated rings. The van der Waals surface area contributed by atoms with Gasteiger partial charge in [0, 0.05) is 36.1 Å². The number of anilines is 1. The number of methoxy groups -OCH3 is 1. The molecule has 1 aromatic carbocycles. The zero-order valence-corrected chi connectivity index (χ0v) is 21.1. The Labute approximate surface area is 200 Å². The fourth-order valence-electron chi connectivity index (χ4n) is 4.34. The minimum atomic E-state index is -3.20. The lowest BCUT2D eigenvalue weighted by Gasteiger charge is -2.23. The molecule has 3 heterocycles. The zero-order chi connectivity index (χ0) is 24.7. The lowest BCUT2D eigenvalue weighted by atomic mass is 9.84. The third-order valence-electron chi connectivity index (χ3n) is 6.31. The van der Waals surface area contributed by atoms with Crippen molar-refractivity contribution in [2.45, 2.75) is 32.6 Å². The van der Waals surface area contributed by atoms with E-state index in [1.54, 1.807) is 12.1 Å². The molecule has 3 aromatic rings. The summed E-state index contributed by atoms with van der Waals surface area (Å²) in [5.41, 5.74) is 3.87. The van der Waals surface area contributed by atoms with Crippen LogP contribution in [0.5, 0.6) is 5.88 Å². The van der Waals surface area contributed by atoms with Crippen LogP contribution in [0.4, 0.5) is 5.69 Å². The maximum Gasteiger partial charge on any atom is 0.258 e. The normalized spacial score (nSPS) is 16.9. The first-order valence-electron chi connectivity index (χ1n) is 11.4. The van der Waals surface area contributed by atoms with E-state index in [0.717, 1.165) is 47.2 Å². The molecule has 0 spiro atoms. The smallest absolute Gasteiger partial charge is 0.258 e. The molecule has 9 heteroatoms. The second kappa shape index (κ2) is 9.03. The molecule has 2 aromatic heterocycles. The van der Waals surface area contributed by atoms with Crippen LogP contribution in [0.15, 0.2) is 41.3 Å². The Kier molecular flexibility index (Phi) is 6.44. The lowest BCUT2D eigenvalue weighted by molar-refractivity contribution is 0.397. The van der Waals surface area contributed by atoms with Gasteiger partial charge < -0.3 is 9.64 Å². The van der Waals surface area contributed by atoms with Crippen molar-refractivity contribution in [2.75, 3.05) is 37.9 Å². The topological polar surface area (TPSA) is 104 Å². The van der Waals surface area contributed by atoms with E-state index in [1.807, 2.05) is 6.20 Å². The van der Waals surface area contributed by atoms with Gasteiger partial charge in [0.15, 0.2) is 5.88 Å². The maximum absolute atomic E-state index is 12.8. The number of benzene rings is 1. The molecule has 1 aliphatic rings. The van der Waals surface area contributed by atoms with Crippen molar-refractivity contribution in [2.24, 2.45) is 5.92 Å². The molecule has 0 saturated carbocycles. The number of H-pyrrole nitrogens is 1. The second-order valence-corrected chi connectivity index (χ2v) is 11.9. The summed E-state index contributed by atoms with van der Waals surface area (Å²) >= 11 is 0. The number of hydrogen-bond acceptors (Lipinski definition) is 6. The number of hydrogen-bond donors (Lipinski definition) is 2. The van der Waals surface area contributed by atoms with E-state index in [4.69, 9.17) is 9.72 Å². The Balaban J connectivity index is 1.74. The second-order valence-electron chi connectivity index (χ2n) is 10.0. The van der Waals surface area contributed by atoms with E-state index < -0.39 is 10.0 Å². The molecule has 4 rings (SSSR count). The fraction of sp³-hybridized carbons (Fsp3) is 0.440. The van der Waals surface area contributed by atoms with Gasteiger partial charge in [0.25, 0.3) is 5.56 Å². The molecule has 1 saturated heterocycles. The highest BCUT2D eigenvalue weighted by atomic mass is 32.2. The summed E-state index contributed by atoms with van der Waals surface area (Å²) in [6.45, 7) is 8.48. The average molecular weight is 485 g/mol. The van der Waals surface area contributed by atoms with E-state index in [0.29, 0.717) is 18.0 Å². The van der Waals surface area contributed by atoms with Gasteiger partial charge in [0.1, 0.15) is 0 Å². The number of nitrogens with one attached hydrogen (secondary N) is 2. The highest BCUT2D eigenvalue weighted by Crippen LogP contribution is 2.35. The van der Waals surface area contributed by atoms with Crippen LogP contribution in [0.25, 0.3) is 22.0 Å². The fourth-order valence-corrected chi connectivity index (χ4v) is 4.88.